The molecule has 0 fully saturated rings. The number of nitrogens with zero attached hydrogens (tertiary/aromatic N) is 2. The number of aromatic nitrogens is 2. The second-order valence-corrected chi connectivity index (χ2v) is 5.41. The summed E-state index contributed by atoms with van der Waals surface area (Å²) in [6.07, 6.45) is 1.46. The van der Waals surface area contributed by atoms with Crippen LogP contribution in [0.5, 0.6) is 0 Å². The average molecular weight is 313 g/mol. The molecule has 2 N–H and O–H groups in total. The highest BCUT2D eigenvalue weighted by Gasteiger charge is 2.27. The Balaban J connectivity index is 2.30. The van der Waals surface area contributed by atoms with Crippen LogP contribution in [0, 0.1) is 19.8 Å². The van der Waals surface area contributed by atoms with Crippen molar-refractivity contribution in [1.82, 2.24) is 15.3 Å². The van der Waals surface area contributed by atoms with Gasteiger partial charge in [0.15, 0.2) is 0 Å². The van der Waals surface area contributed by atoms with E-state index in [1.54, 1.807) is 32.9 Å². The number of carbonyl (C=O) groups is 2. The van der Waals surface area contributed by atoms with Crippen LogP contribution in [-0.4, -0.2) is 27.0 Å². The first kappa shape index (κ1) is 16.6. The summed E-state index contributed by atoms with van der Waals surface area (Å²) >= 11 is 0. The van der Waals surface area contributed by atoms with Crippen molar-refractivity contribution in [2.45, 2.75) is 26.8 Å². The number of benzene rings is 1. The Labute approximate surface area is 134 Å². The minimum Gasteiger partial charge on any atom is -0.481 e. The van der Waals surface area contributed by atoms with Crippen LogP contribution in [-0.2, 0) is 4.79 Å². The number of carbonyl (C=O) groups excluding carboxylic acids is 1. The van der Waals surface area contributed by atoms with Crippen molar-refractivity contribution in [3.05, 3.63) is 59.2 Å². The van der Waals surface area contributed by atoms with Crippen LogP contribution in [0.4, 0.5) is 0 Å². The van der Waals surface area contributed by atoms with Crippen molar-refractivity contribution in [2.24, 2.45) is 5.92 Å². The molecule has 2 unspecified atom stereocenters. The molecule has 120 valence electrons. The quantitative estimate of drug-likeness (QED) is 0.883. The lowest BCUT2D eigenvalue weighted by atomic mass is 9.94. The number of hydrogen-bond acceptors (Lipinski definition) is 4. The van der Waals surface area contributed by atoms with E-state index in [9.17, 15) is 14.7 Å². The van der Waals surface area contributed by atoms with Crippen LogP contribution < -0.4 is 5.32 Å². The third-order valence-electron chi connectivity index (χ3n) is 3.68. The lowest BCUT2D eigenvalue weighted by molar-refractivity contribution is -0.142. The molecule has 23 heavy (non-hydrogen) atoms. The number of aryl methyl sites for hydroxylation is 2. The number of aliphatic carboxylic acids is 1. The fourth-order valence-corrected chi connectivity index (χ4v) is 2.33. The Morgan fingerprint density at radius 1 is 1.17 bits per heavy atom. The topological polar surface area (TPSA) is 92.2 Å². The first-order valence-corrected chi connectivity index (χ1v) is 7.29. The van der Waals surface area contributed by atoms with E-state index in [2.05, 4.69) is 15.3 Å². The highest BCUT2D eigenvalue weighted by molar-refractivity contribution is 5.95. The van der Waals surface area contributed by atoms with E-state index in [-0.39, 0.29) is 5.91 Å². The van der Waals surface area contributed by atoms with Gasteiger partial charge >= 0.3 is 5.97 Å². The minimum atomic E-state index is -0.976. The number of carboxylic acid groups (broad SMARTS) is 1. The Morgan fingerprint density at radius 2 is 1.83 bits per heavy atom. The zero-order valence-corrected chi connectivity index (χ0v) is 13.3. The summed E-state index contributed by atoms with van der Waals surface area (Å²) in [7, 11) is 0. The summed E-state index contributed by atoms with van der Waals surface area (Å²) in [5.41, 5.74) is 1.64. The van der Waals surface area contributed by atoms with Crippen LogP contribution >= 0.6 is 0 Å². The van der Waals surface area contributed by atoms with Crippen LogP contribution in [0.15, 0.2) is 36.5 Å². The van der Waals surface area contributed by atoms with Crippen molar-refractivity contribution in [3.8, 4) is 0 Å². The maximum atomic E-state index is 12.5. The molecule has 1 amide bonds. The molecule has 0 radical (unpaired) electrons. The first-order valence-electron chi connectivity index (χ1n) is 7.29. The Kier molecular flexibility index (Phi) is 5.05. The smallest absolute Gasteiger partial charge is 0.308 e. The van der Waals surface area contributed by atoms with Gasteiger partial charge in [-0.15, -0.1) is 0 Å². The SMILES string of the molecule is Cc1ncc(C(=O)NC(c2ccccc2)C(C)C(=O)O)c(C)n1. The van der Waals surface area contributed by atoms with E-state index in [1.165, 1.54) is 6.20 Å². The highest BCUT2D eigenvalue weighted by Crippen LogP contribution is 2.23. The Morgan fingerprint density at radius 3 is 2.39 bits per heavy atom. The van der Waals surface area contributed by atoms with Crippen LogP contribution in [0.1, 0.15) is 40.4 Å². The maximum Gasteiger partial charge on any atom is 0.308 e. The zero-order valence-electron chi connectivity index (χ0n) is 13.3. The van der Waals surface area contributed by atoms with Gasteiger partial charge in [-0.25, -0.2) is 9.97 Å². The van der Waals surface area contributed by atoms with Gasteiger partial charge < -0.3 is 10.4 Å². The number of nitrogens with one attached hydrogen (secondary N) is 1. The molecule has 2 rings (SSSR count). The molecule has 0 aliphatic heterocycles. The van der Waals surface area contributed by atoms with Gasteiger partial charge in [0.25, 0.3) is 5.91 Å². The van der Waals surface area contributed by atoms with Gasteiger partial charge in [0.2, 0.25) is 0 Å². The predicted molar refractivity (Wildman–Crippen MR) is 85.0 cm³/mol. The van der Waals surface area contributed by atoms with E-state index in [1.807, 2.05) is 18.2 Å². The molecular weight excluding hydrogens is 294 g/mol. The van der Waals surface area contributed by atoms with E-state index >= 15 is 0 Å². The van der Waals surface area contributed by atoms with Gasteiger partial charge in [-0.3, -0.25) is 9.59 Å². The van der Waals surface area contributed by atoms with E-state index in [4.69, 9.17) is 0 Å². The van der Waals surface area contributed by atoms with Crippen molar-refractivity contribution in [3.63, 3.8) is 0 Å². The van der Waals surface area contributed by atoms with Crippen molar-refractivity contribution < 1.29 is 14.7 Å². The van der Waals surface area contributed by atoms with Crippen LogP contribution in [0.25, 0.3) is 0 Å². The summed E-state index contributed by atoms with van der Waals surface area (Å²) < 4.78 is 0. The van der Waals surface area contributed by atoms with Crippen molar-refractivity contribution in [2.75, 3.05) is 0 Å². The number of rotatable bonds is 5. The van der Waals surface area contributed by atoms with E-state index in [0.29, 0.717) is 17.1 Å². The molecule has 0 aliphatic carbocycles. The summed E-state index contributed by atoms with van der Waals surface area (Å²) in [5, 5.41) is 12.1. The molecule has 1 heterocycles. The number of hydrogen-bond donors (Lipinski definition) is 2. The third kappa shape index (κ3) is 3.91. The molecule has 0 bridgehead atoms. The molecule has 6 nitrogen and oxygen atoms in total. The van der Waals surface area contributed by atoms with Gasteiger partial charge in [-0.2, -0.15) is 0 Å². The van der Waals surface area contributed by atoms with Gasteiger partial charge in [0.1, 0.15) is 5.82 Å². The summed E-state index contributed by atoms with van der Waals surface area (Å²) in [6.45, 7) is 5.04. The fourth-order valence-electron chi connectivity index (χ4n) is 2.33. The van der Waals surface area contributed by atoms with Gasteiger partial charge in [0, 0.05) is 6.20 Å². The van der Waals surface area contributed by atoms with Crippen molar-refractivity contribution >= 4 is 11.9 Å². The van der Waals surface area contributed by atoms with Gasteiger partial charge in [0.05, 0.1) is 23.2 Å². The molecule has 0 aliphatic rings. The molecule has 1 aromatic carbocycles. The molecule has 0 saturated carbocycles. The number of carboxylic acids is 1. The summed E-state index contributed by atoms with van der Waals surface area (Å²) in [6, 6.07) is 8.41. The normalized spacial score (nSPS) is 13.2. The second kappa shape index (κ2) is 7.00. The molecule has 1 aromatic heterocycles. The lowest BCUT2D eigenvalue weighted by Gasteiger charge is -2.23. The second-order valence-electron chi connectivity index (χ2n) is 5.41. The maximum absolute atomic E-state index is 12.5. The minimum absolute atomic E-state index is 0.342. The zero-order chi connectivity index (χ0) is 17.0. The first-order chi connectivity index (χ1) is 10.9. The predicted octanol–water partition coefficient (Wildman–Crippen LogP) is 2.29. The van der Waals surface area contributed by atoms with Gasteiger partial charge in [-0.1, -0.05) is 30.3 Å². The monoisotopic (exact) mass is 313 g/mol. The Bertz CT molecular complexity index is 716. The molecule has 2 aromatic rings. The largest absolute Gasteiger partial charge is 0.481 e. The molecule has 0 spiro atoms. The van der Waals surface area contributed by atoms with E-state index < -0.39 is 17.9 Å². The molecule has 0 saturated heterocycles. The van der Waals surface area contributed by atoms with Crippen LogP contribution in [0.2, 0.25) is 0 Å². The summed E-state index contributed by atoms with van der Waals surface area (Å²) in [4.78, 5) is 32.1. The van der Waals surface area contributed by atoms with Crippen molar-refractivity contribution in [1.29, 1.82) is 0 Å². The molecule has 2 atom stereocenters. The number of amides is 1. The standard InChI is InChI=1S/C17H19N3O3/c1-10(17(22)23)15(13-7-5-4-6-8-13)20-16(21)14-9-18-12(3)19-11(14)2/h4-10,15H,1-3H3,(H,20,21)(H,22,23). The molecular formula is C17H19N3O3. The summed E-state index contributed by atoms with van der Waals surface area (Å²) in [5.74, 6) is -1.55. The highest BCUT2D eigenvalue weighted by atomic mass is 16.4. The van der Waals surface area contributed by atoms with E-state index in [0.717, 1.165) is 5.56 Å². The van der Waals surface area contributed by atoms with Crippen LogP contribution in [0.3, 0.4) is 0 Å². The third-order valence-corrected chi connectivity index (χ3v) is 3.68. The molecule has 6 heteroatoms. The van der Waals surface area contributed by atoms with Gasteiger partial charge in [-0.05, 0) is 26.3 Å². The average Bonchev–Trinajstić information content (AvgIpc) is 2.52. The fraction of sp³-hybridized carbons (Fsp3) is 0.294. The Hall–Kier alpha value is -2.76. The lowest BCUT2D eigenvalue weighted by Crippen LogP contribution is -2.36.